The molecule has 10 heteroatoms. The summed E-state index contributed by atoms with van der Waals surface area (Å²) >= 11 is 7.61. The first-order chi connectivity index (χ1) is 16.5. The average molecular weight is 500 g/mol. The van der Waals surface area contributed by atoms with Crippen molar-refractivity contribution in [3.63, 3.8) is 0 Å². The third-order valence-electron chi connectivity index (χ3n) is 5.77. The smallest absolute Gasteiger partial charge is 0.257 e. The van der Waals surface area contributed by atoms with Crippen molar-refractivity contribution >= 4 is 33.2 Å². The van der Waals surface area contributed by atoms with Crippen LogP contribution in [0.3, 0.4) is 0 Å². The minimum Gasteiger partial charge on any atom is -0.491 e. The number of piperazine rings is 1. The number of aliphatic hydroxyl groups is 1. The predicted octanol–water partition coefficient (Wildman–Crippen LogP) is 3.87. The highest BCUT2D eigenvalue weighted by Gasteiger charge is 2.21. The van der Waals surface area contributed by atoms with Crippen LogP contribution in [0.5, 0.6) is 5.75 Å². The van der Waals surface area contributed by atoms with Crippen molar-refractivity contribution in [2.75, 3.05) is 39.3 Å². The van der Waals surface area contributed by atoms with Gasteiger partial charge < -0.3 is 14.4 Å². The standard InChI is InChI=1S/C24H26ClN5O3S/c1-16-26-21-12-20(6-7-22(21)34-16)32-15-19(31)13-29-8-10-30(11-9-29)14-23-27-24(33-28-23)17-2-4-18(25)5-3-17/h2-7,12,19,31H,8-11,13-15H2,1H3/t19-/m0/s1. The van der Waals surface area contributed by atoms with Crippen LogP contribution in [0.15, 0.2) is 47.0 Å². The van der Waals surface area contributed by atoms with E-state index in [1.807, 2.05) is 37.3 Å². The van der Waals surface area contributed by atoms with Crippen molar-refractivity contribution in [1.82, 2.24) is 24.9 Å². The van der Waals surface area contributed by atoms with Gasteiger partial charge in [0, 0.05) is 49.4 Å². The fraction of sp³-hybridized carbons (Fsp3) is 0.375. The number of aliphatic hydroxyl groups excluding tert-OH is 1. The van der Waals surface area contributed by atoms with E-state index in [2.05, 4.69) is 24.9 Å². The molecule has 0 bridgehead atoms. The molecule has 34 heavy (non-hydrogen) atoms. The predicted molar refractivity (Wildman–Crippen MR) is 132 cm³/mol. The monoisotopic (exact) mass is 499 g/mol. The summed E-state index contributed by atoms with van der Waals surface area (Å²) in [6.07, 6.45) is -0.557. The molecule has 178 valence electrons. The molecule has 1 N–H and O–H groups in total. The largest absolute Gasteiger partial charge is 0.491 e. The fourth-order valence-corrected chi connectivity index (χ4v) is 4.95. The molecular formula is C24H26ClN5O3S. The number of fused-ring (bicyclic) bond motifs is 1. The Kier molecular flexibility index (Phi) is 7.07. The zero-order chi connectivity index (χ0) is 23.5. The second kappa shape index (κ2) is 10.4. The summed E-state index contributed by atoms with van der Waals surface area (Å²) in [7, 11) is 0. The molecule has 2 aromatic carbocycles. The average Bonchev–Trinajstić information content (AvgIpc) is 3.44. The van der Waals surface area contributed by atoms with Crippen LogP contribution in [0.4, 0.5) is 0 Å². The highest BCUT2D eigenvalue weighted by atomic mass is 35.5. The first-order valence-electron chi connectivity index (χ1n) is 11.2. The first kappa shape index (κ1) is 23.2. The number of benzene rings is 2. The van der Waals surface area contributed by atoms with Crippen LogP contribution in [0.2, 0.25) is 5.02 Å². The van der Waals surface area contributed by atoms with Crippen molar-refractivity contribution in [2.45, 2.75) is 19.6 Å². The van der Waals surface area contributed by atoms with E-state index in [0.29, 0.717) is 29.8 Å². The molecule has 1 atom stereocenters. The van der Waals surface area contributed by atoms with Crippen LogP contribution in [0.1, 0.15) is 10.8 Å². The number of halogens is 1. The van der Waals surface area contributed by atoms with E-state index >= 15 is 0 Å². The Hall–Kier alpha value is -2.56. The van der Waals surface area contributed by atoms with Crippen molar-refractivity contribution in [3.05, 3.63) is 58.3 Å². The van der Waals surface area contributed by atoms with Gasteiger partial charge in [0.2, 0.25) is 0 Å². The summed E-state index contributed by atoms with van der Waals surface area (Å²) in [4.78, 5) is 13.6. The Morgan fingerprint density at radius 1 is 1.09 bits per heavy atom. The van der Waals surface area contributed by atoms with E-state index in [9.17, 15) is 5.11 Å². The Bertz CT molecular complexity index is 1240. The molecule has 0 aliphatic carbocycles. The highest BCUT2D eigenvalue weighted by molar-refractivity contribution is 7.18. The Morgan fingerprint density at radius 2 is 1.85 bits per heavy atom. The number of thiazole rings is 1. The minimum atomic E-state index is -0.557. The molecule has 0 amide bonds. The Labute approximate surface area is 206 Å². The number of hydrogen-bond acceptors (Lipinski definition) is 9. The highest BCUT2D eigenvalue weighted by Crippen LogP contribution is 2.25. The third-order valence-corrected chi connectivity index (χ3v) is 6.97. The number of rotatable bonds is 8. The fourth-order valence-electron chi connectivity index (χ4n) is 4.01. The van der Waals surface area contributed by atoms with E-state index in [-0.39, 0.29) is 6.61 Å². The van der Waals surface area contributed by atoms with Gasteiger partial charge in [-0.05, 0) is 43.3 Å². The van der Waals surface area contributed by atoms with Crippen LogP contribution in [-0.4, -0.2) is 75.5 Å². The van der Waals surface area contributed by atoms with Crippen LogP contribution in [0.25, 0.3) is 21.7 Å². The normalized spacial score (nSPS) is 16.2. The van der Waals surface area contributed by atoms with E-state index in [0.717, 1.165) is 52.7 Å². The van der Waals surface area contributed by atoms with Gasteiger partial charge in [0.05, 0.1) is 21.8 Å². The molecule has 1 aliphatic rings. The third kappa shape index (κ3) is 5.73. The SMILES string of the molecule is Cc1nc2cc(OC[C@@H](O)CN3CCN(Cc4noc(-c5ccc(Cl)cc5)n4)CC3)ccc2s1. The van der Waals surface area contributed by atoms with Gasteiger partial charge in [-0.25, -0.2) is 4.98 Å². The van der Waals surface area contributed by atoms with Gasteiger partial charge in [0.1, 0.15) is 18.5 Å². The number of aromatic nitrogens is 3. The van der Waals surface area contributed by atoms with Gasteiger partial charge in [-0.2, -0.15) is 4.98 Å². The Balaban J connectivity index is 1.05. The van der Waals surface area contributed by atoms with E-state index in [1.165, 1.54) is 0 Å². The van der Waals surface area contributed by atoms with Crippen molar-refractivity contribution in [1.29, 1.82) is 0 Å². The second-order valence-electron chi connectivity index (χ2n) is 8.43. The Morgan fingerprint density at radius 3 is 2.65 bits per heavy atom. The molecule has 1 fully saturated rings. The van der Waals surface area contributed by atoms with Gasteiger partial charge in [-0.15, -0.1) is 11.3 Å². The van der Waals surface area contributed by atoms with Gasteiger partial charge in [-0.3, -0.25) is 9.80 Å². The molecule has 0 spiro atoms. The van der Waals surface area contributed by atoms with Crippen LogP contribution in [-0.2, 0) is 6.54 Å². The van der Waals surface area contributed by atoms with E-state index < -0.39 is 6.10 Å². The van der Waals surface area contributed by atoms with Crippen molar-refractivity contribution in [3.8, 4) is 17.2 Å². The second-order valence-corrected chi connectivity index (χ2v) is 10.1. The lowest BCUT2D eigenvalue weighted by Gasteiger charge is -2.34. The zero-order valence-electron chi connectivity index (χ0n) is 18.9. The maximum absolute atomic E-state index is 10.5. The molecule has 0 unspecified atom stereocenters. The number of nitrogens with zero attached hydrogens (tertiary/aromatic N) is 5. The lowest BCUT2D eigenvalue weighted by atomic mass is 10.2. The molecule has 2 aromatic heterocycles. The minimum absolute atomic E-state index is 0.255. The quantitative estimate of drug-likeness (QED) is 0.391. The maximum atomic E-state index is 10.5. The topological polar surface area (TPSA) is 87.8 Å². The van der Waals surface area contributed by atoms with Crippen LogP contribution in [0, 0.1) is 6.92 Å². The number of ether oxygens (including phenoxy) is 1. The lowest BCUT2D eigenvalue weighted by molar-refractivity contribution is 0.0440. The molecule has 0 radical (unpaired) electrons. The van der Waals surface area contributed by atoms with Gasteiger partial charge in [0.25, 0.3) is 5.89 Å². The summed E-state index contributed by atoms with van der Waals surface area (Å²) < 4.78 is 12.4. The molecule has 1 aliphatic heterocycles. The number of aryl methyl sites for hydroxylation is 1. The van der Waals surface area contributed by atoms with Gasteiger partial charge in [-0.1, -0.05) is 16.8 Å². The summed E-state index contributed by atoms with van der Waals surface area (Å²) in [5.74, 6) is 1.90. The summed E-state index contributed by atoms with van der Waals surface area (Å²) in [6.45, 7) is 6.94. The summed E-state index contributed by atoms with van der Waals surface area (Å²) in [5.41, 5.74) is 1.79. The van der Waals surface area contributed by atoms with E-state index in [1.54, 1.807) is 23.5 Å². The number of hydrogen-bond donors (Lipinski definition) is 1. The molecule has 0 saturated carbocycles. The van der Waals surface area contributed by atoms with Crippen LogP contribution < -0.4 is 4.74 Å². The first-order valence-corrected chi connectivity index (χ1v) is 12.4. The van der Waals surface area contributed by atoms with Crippen LogP contribution >= 0.6 is 22.9 Å². The lowest BCUT2D eigenvalue weighted by Crippen LogP contribution is -2.48. The summed E-state index contributed by atoms with van der Waals surface area (Å²) in [5, 5.41) is 16.3. The van der Waals surface area contributed by atoms with Crippen molar-refractivity contribution in [2.24, 2.45) is 0 Å². The van der Waals surface area contributed by atoms with Gasteiger partial charge >= 0.3 is 0 Å². The molecule has 1 saturated heterocycles. The molecule has 8 nitrogen and oxygen atoms in total. The molecule has 5 rings (SSSR count). The molecule has 4 aromatic rings. The maximum Gasteiger partial charge on any atom is 0.257 e. The number of β-amino-alcohol motifs (C(OH)–C–C–N with tert-alkyl or cyclic N) is 1. The zero-order valence-corrected chi connectivity index (χ0v) is 20.4. The summed E-state index contributed by atoms with van der Waals surface area (Å²) in [6, 6.07) is 13.2. The van der Waals surface area contributed by atoms with Crippen molar-refractivity contribution < 1.29 is 14.4 Å². The molecular weight excluding hydrogens is 474 g/mol. The van der Waals surface area contributed by atoms with Gasteiger partial charge in [0.15, 0.2) is 5.82 Å². The van der Waals surface area contributed by atoms with E-state index in [4.69, 9.17) is 20.9 Å². The molecule has 3 heterocycles.